The highest BCUT2D eigenvalue weighted by Gasteiger charge is 2.16. The Balaban J connectivity index is 0.00000338. The highest BCUT2D eigenvalue weighted by Crippen LogP contribution is 2.14. The Morgan fingerprint density at radius 3 is 2.38 bits per heavy atom. The van der Waals surface area contributed by atoms with Gasteiger partial charge in [-0.2, -0.15) is 0 Å². The second-order valence-electron chi connectivity index (χ2n) is 7.05. The fraction of sp³-hybridized carbons (Fsp3) is 0.684. The molecule has 0 bridgehead atoms. The summed E-state index contributed by atoms with van der Waals surface area (Å²) in [5, 5.41) is 6.78. The molecule has 0 aliphatic carbocycles. The van der Waals surface area contributed by atoms with Crippen LogP contribution in [0.4, 0.5) is 5.82 Å². The Morgan fingerprint density at radius 1 is 1.19 bits per heavy atom. The number of hydrogen-bond donors (Lipinski definition) is 2. The zero-order valence-corrected chi connectivity index (χ0v) is 19.2. The predicted molar refractivity (Wildman–Crippen MR) is 122 cm³/mol. The third kappa shape index (κ3) is 6.90. The molecular weight excluding hydrogens is 439 g/mol. The minimum absolute atomic E-state index is 0. The van der Waals surface area contributed by atoms with Gasteiger partial charge in [0, 0.05) is 52.0 Å². The van der Waals surface area contributed by atoms with Crippen molar-refractivity contribution in [3.8, 4) is 0 Å². The van der Waals surface area contributed by atoms with Gasteiger partial charge in [-0.1, -0.05) is 26.8 Å². The van der Waals surface area contributed by atoms with Crippen LogP contribution in [0.3, 0.4) is 0 Å². The Labute approximate surface area is 175 Å². The Morgan fingerprint density at radius 2 is 1.88 bits per heavy atom. The number of hydrogen-bond acceptors (Lipinski definition) is 4. The molecular formula is C19H35IN6. The summed E-state index contributed by atoms with van der Waals surface area (Å²) < 4.78 is 0. The number of piperazine rings is 1. The third-order valence-corrected chi connectivity index (χ3v) is 5.00. The van der Waals surface area contributed by atoms with Gasteiger partial charge in [-0.25, -0.2) is 4.98 Å². The van der Waals surface area contributed by atoms with Crippen molar-refractivity contribution < 1.29 is 0 Å². The van der Waals surface area contributed by atoms with Crippen molar-refractivity contribution in [3.63, 3.8) is 0 Å². The van der Waals surface area contributed by atoms with Gasteiger partial charge >= 0.3 is 0 Å². The van der Waals surface area contributed by atoms with E-state index in [1.165, 1.54) is 0 Å². The van der Waals surface area contributed by atoms with Gasteiger partial charge < -0.3 is 20.4 Å². The fourth-order valence-corrected chi connectivity index (χ4v) is 2.76. The van der Waals surface area contributed by atoms with Gasteiger partial charge in [0.15, 0.2) is 5.96 Å². The first-order chi connectivity index (χ1) is 12.0. The summed E-state index contributed by atoms with van der Waals surface area (Å²) in [5.41, 5.74) is 1.16. The van der Waals surface area contributed by atoms with Crippen molar-refractivity contribution >= 4 is 35.8 Å². The van der Waals surface area contributed by atoms with E-state index in [1.807, 2.05) is 6.20 Å². The van der Waals surface area contributed by atoms with Crippen LogP contribution in [0.15, 0.2) is 23.3 Å². The number of nitrogens with one attached hydrogen (secondary N) is 2. The smallest absolute Gasteiger partial charge is 0.191 e. The molecule has 1 saturated heterocycles. The van der Waals surface area contributed by atoms with Crippen molar-refractivity contribution in [1.82, 2.24) is 20.5 Å². The summed E-state index contributed by atoms with van der Waals surface area (Å²) in [4.78, 5) is 13.8. The predicted octanol–water partition coefficient (Wildman–Crippen LogP) is 2.55. The minimum Gasteiger partial charge on any atom is -0.354 e. The second-order valence-corrected chi connectivity index (χ2v) is 7.05. The molecule has 6 nitrogen and oxygen atoms in total. The summed E-state index contributed by atoms with van der Waals surface area (Å²) in [5.74, 6) is 2.48. The molecule has 0 spiro atoms. The average molecular weight is 474 g/mol. The standard InChI is InChI=1S/C19H34N6.HI/c1-6-24-9-11-25(12-10-24)18-8-7-17(13-21-18)14-22-19(20-5)23-16(4)15(2)3;/h7-8,13,15-16H,6,9-12,14H2,1-5H3,(H2,20,22,23);1H. The average Bonchev–Trinajstić information content (AvgIpc) is 2.65. The Bertz CT molecular complexity index is 537. The molecule has 2 rings (SSSR count). The summed E-state index contributed by atoms with van der Waals surface area (Å²) in [6, 6.07) is 4.67. The topological polar surface area (TPSA) is 55.8 Å². The molecule has 1 aliphatic rings. The lowest BCUT2D eigenvalue weighted by molar-refractivity contribution is 0.270. The van der Waals surface area contributed by atoms with Gasteiger partial charge in [-0.3, -0.25) is 4.99 Å². The number of aromatic nitrogens is 1. The highest BCUT2D eigenvalue weighted by molar-refractivity contribution is 14.0. The summed E-state index contributed by atoms with van der Waals surface area (Å²) in [7, 11) is 1.81. The first kappa shape index (κ1) is 23.0. The van der Waals surface area contributed by atoms with Crippen LogP contribution in [0.1, 0.15) is 33.3 Å². The molecule has 26 heavy (non-hydrogen) atoms. The largest absolute Gasteiger partial charge is 0.354 e. The third-order valence-electron chi connectivity index (χ3n) is 5.00. The number of rotatable bonds is 6. The number of aliphatic imine (C=N–C) groups is 1. The lowest BCUT2D eigenvalue weighted by Crippen LogP contribution is -2.46. The first-order valence-electron chi connectivity index (χ1n) is 9.43. The van der Waals surface area contributed by atoms with Crippen molar-refractivity contribution in [3.05, 3.63) is 23.9 Å². The normalized spacial score (nSPS) is 17.0. The van der Waals surface area contributed by atoms with E-state index < -0.39 is 0 Å². The highest BCUT2D eigenvalue weighted by atomic mass is 127. The van der Waals surface area contributed by atoms with Gasteiger partial charge in [0.05, 0.1) is 0 Å². The summed E-state index contributed by atoms with van der Waals surface area (Å²) in [6.07, 6.45) is 1.97. The number of halogens is 1. The molecule has 0 radical (unpaired) electrons. The molecule has 1 atom stereocenters. The maximum atomic E-state index is 4.65. The Kier molecular flexibility index (Phi) is 10.2. The molecule has 0 amide bonds. The van der Waals surface area contributed by atoms with Crippen LogP contribution in [-0.4, -0.2) is 61.7 Å². The number of guanidine groups is 1. The zero-order chi connectivity index (χ0) is 18.2. The van der Waals surface area contributed by atoms with Gasteiger partial charge in [0.25, 0.3) is 0 Å². The summed E-state index contributed by atoms with van der Waals surface area (Å²) >= 11 is 0. The zero-order valence-electron chi connectivity index (χ0n) is 16.8. The number of nitrogens with zero attached hydrogens (tertiary/aromatic N) is 4. The van der Waals surface area contributed by atoms with E-state index in [0.717, 1.165) is 56.6 Å². The molecule has 1 aromatic heterocycles. The van der Waals surface area contributed by atoms with E-state index in [4.69, 9.17) is 0 Å². The number of anilines is 1. The first-order valence-corrected chi connectivity index (χ1v) is 9.43. The van der Waals surface area contributed by atoms with Gasteiger partial charge in [0.2, 0.25) is 0 Å². The van der Waals surface area contributed by atoms with E-state index in [9.17, 15) is 0 Å². The lowest BCUT2D eigenvalue weighted by Gasteiger charge is -2.34. The van der Waals surface area contributed by atoms with Crippen LogP contribution in [0.5, 0.6) is 0 Å². The monoisotopic (exact) mass is 474 g/mol. The van der Waals surface area contributed by atoms with E-state index in [2.05, 4.69) is 70.2 Å². The van der Waals surface area contributed by atoms with Crippen LogP contribution in [-0.2, 0) is 6.54 Å². The molecule has 1 fully saturated rings. The number of likely N-dealkylation sites (N-methyl/N-ethyl adjacent to an activating group) is 1. The van der Waals surface area contributed by atoms with Gasteiger partial charge in [0.1, 0.15) is 5.82 Å². The van der Waals surface area contributed by atoms with Crippen LogP contribution in [0, 0.1) is 5.92 Å². The molecule has 7 heteroatoms. The van der Waals surface area contributed by atoms with Crippen LogP contribution in [0.2, 0.25) is 0 Å². The van der Waals surface area contributed by atoms with E-state index in [-0.39, 0.29) is 24.0 Å². The molecule has 2 N–H and O–H groups in total. The van der Waals surface area contributed by atoms with Crippen molar-refractivity contribution in [2.75, 3.05) is 44.7 Å². The fourth-order valence-electron chi connectivity index (χ4n) is 2.76. The van der Waals surface area contributed by atoms with Crippen molar-refractivity contribution in [2.45, 2.75) is 40.3 Å². The lowest BCUT2D eigenvalue weighted by atomic mass is 10.1. The summed E-state index contributed by atoms with van der Waals surface area (Å²) in [6.45, 7) is 15.0. The molecule has 1 aromatic rings. The van der Waals surface area contributed by atoms with Crippen molar-refractivity contribution in [1.29, 1.82) is 0 Å². The maximum Gasteiger partial charge on any atom is 0.191 e. The number of pyridine rings is 1. The van der Waals surface area contributed by atoms with E-state index in [0.29, 0.717) is 12.0 Å². The SMILES string of the molecule is CCN1CCN(c2ccc(CNC(=NC)NC(C)C(C)C)cn2)CC1.I. The van der Waals surface area contributed by atoms with E-state index in [1.54, 1.807) is 7.05 Å². The molecule has 0 saturated carbocycles. The molecule has 0 aromatic carbocycles. The minimum atomic E-state index is 0. The van der Waals surface area contributed by atoms with Gasteiger partial charge in [-0.05, 0) is 31.0 Å². The maximum absolute atomic E-state index is 4.65. The molecule has 1 aliphatic heterocycles. The molecule has 148 valence electrons. The molecule has 2 heterocycles. The molecule has 1 unspecified atom stereocenters. The Hall–Kier alpha value is -1.09. The van der Waals surface area contributed by atoms with Crippen LogP contribution in [0.25, 0.3) is 0 Å². The van der Waals surface area contributed by atoms with Crippen LogP contribution >= 0.6 is 24.0 Å². The van der Waals surface area contributed by atoms with E-state index >= 15 is 0 Å². The quantitative estimate of drug-likeness (QED) is 0.377. The van der Waals surface area contributed by atoms with Crippen LogP contribution < -0.4 is 15.5 Å². The van der Waals surface area contributed by atoms with Gasteiger partial charge in [-0.15, -0.1) is 24.0 Å². The second kappa shape index (κ2) is 11.6. The van der Waals surface area contributed by atoms with Crippen molar-refractivity contribution in [2.24, 2.45) is 10.9 Å².